The number of aromatic nitrogens is 1. The number of ether oxygens (including phenoxy) is 1. The third-order valence-corrected chi connectivity index (χ3v) is 6.17. The lowest BCUT2D eigenvalue weighted by Gasteiger charge is -2.39. The van der Waals surface area contributed by atoms with Crippen LogP contribution in [0.25, 0.3) is 0 Å². The highest BCUT2D eigenvalue weighted by Crippen LogP contribution is 2.44. The molecule has 1 aromatic rings. The summed E-state index contributed by atoms with van der Waals surface area (Å²) < 4.78 is 6.06. The van der Waals surface area contributed by atoms with Crippen molar-refractivity contribution in [3.8, 4) is 0 Å². The molecular weight excluding hydrogens is 354 g/mol. The van der Waals surface area contributed by atoms with Crippen molar-refractivity contribution in [2.24, 2.45) is 17.8 Å². The van der Waals surface area contributed by atoms with Gasteiger partial charge in [-0.25, -0.2) is 4.98 Å². The Hall–Kier alpha value is -0.460. The van der Waals surface area contributed by atoms with Crippen LogP contribution in [0.4, 0.5) is 0 Å². The van der Waals surface area contributed by atoms with Gasteiger partial charge >= 0.3 is 5.97 Å². The zero-order valence-corrected chi connectivity index (χ0v) is 15.0. The largest absolute Gasteiger partial charge is 0.466 e. The molecule has 0 aromatic carbocycles. The zero-order chi connectivity index (χ0) is 15.6. The molecule has 0 bridgehead atoms. The molecule has 0 amide bonds. The molecule has 1 heterocycles. The fourth-order valence-electron chi connectivity index (χ4n) is 3.17. The molecule has 6 heteroatoms. The lowest BCUT2D eigenvalue weighted by Crippen LogP contribution is -2.39. The molecule has 0 spiro atoms. The van der Waals surface area contributed by atoms with Crippen LogP contribution in [0.5, 0.6) is 0 Å². The highest BCUT2D eigenvalue weighted by atomic mass is 79.9. The highest BCUT2D eigenvalue weighted by molar-refractivity contribution is 9.11. The van der Waals surface area contributed by atoms with E-state index in [-0.39, 0.29) is 23.7 Å². The van der Waals surface area contributed by atoms with Gasteiger partial charge in [0, 0.05) is 0 Å². The topological polar surface area (TPSA) is 59.4 Å². The third-order valence-electron chi connectivity index (χ3n) is 4.46. The number of carbonyl (C=O) groups is 1. The Morgan fingerprint density at radius 1 is 1.62 bits per heavy atom. The van der Waals surface area contributed by atoms with Gasteiger partial charge in [-0.1, -0.05) is 6.92 Å². The molecule has 1 aromatic heterocycles. The molecule has 1 fully saturated rings. The first-order valence-corrected chi connectivity index (χ1v) is 8.98. The van der Waals surface area contributed by atoms with E-state index in [4.69, 9.17) is 4.74 Å². The van der Waals surface area contributed by atoms with Crippen LogP contribution in [0.3, 0.4) is 0 Å². The van der Waals surface area contributed by atoms with Gasteiger partial charge < -0.3 is 9.84 Å². The van der Waals surface area contributed by atoms with Gasteiger partial charge in [-0.15, -0.1) is 11.3 Å². The molecule has 0 aliphatic heterocycles. The number of hydrogen-bond acceptors (Lipinski definition) is 5. The summed E-state index contributed by atoms with van der Waals surface area (Å²) >= 11 is 4.86. The minimum Gasteiger partial charge on any atom is -0.466 e. The number of thiazole rings is 1. The fourth-order valence-corrected chi connectivity index (χ4v) is 4.50. The second-order valence-electron chi connectivity index (χ2n) is 5.96. The van der Waals surface area contributed by atoms with E-state index in [1.54, 1.807) is 6.20 Å². The van der Waals surface area contributed by atoms with E-state index in [1.165, 1.54) is 11.3 Å². The van der Waals surface area contributed by atoms with Crippen LogP contribution >= 0.6 is 27.3 Å². The van der Waals surface area contributed by atoms with E-state index in [0.29, 0.717) is 6.61 Å². The Morgan fingerprint density at radius 3 is 2.86 bits per heavy atom. The number of esters is 1. The van der Waals surface area contributed by atoms with Crippen molar-refractivity contribution in [1.29, 1.82) is 0 Å². The van der Waals surface area contributed by atoms with Gasteiger partial charge in [-0.05, 0) is 60.9 Å². The molecule has 1 saturated carbocycles. The lowest BCUT2D eigenvalue weighted by molar-refractivity contribution is -0.153. The summed E-state index contributed by atoms with van der Waals surface area (Å²) in [5, 5.41) is 11.6. The Bertz CT molecular complexity index is 503. The summed E-state index contributed by atoms with van der Waals surface area (Å²) in [6.07, 6.45) is 4.13. The van der Waals surface area contributed by atoms with E-state index >= 15 is 0 Å². The minimum atomic E-state index is -0.940. The molecule has 0 radical (unpaired) electrons. The summed E-state index contributed by atoms with van der Waals surface area (Å²) in [4.78, 5) is 16.2. The van der Waals surface area contributed by atoms with Crippen LogP contribution in [0, 0.1) is 17.8 Å². The number of aliphatic hydroxyl groups is 1. The van der Waals surface area contributed by atoms with Crippen LogP contribution in [0.1, 0.15) is 45.0 Å². The Kier molecular flexibility index (Phi) is 5.43. The number of nitrogens with zero attached hydrogens (tertiary/aromatic N) is 1. The Morgan fingerprint density at radius 2 is 2.33 bits per heavy atom. The maximum atomic E-state index is 11.9. The normalized spacial score (nSPS) is 28.9. The van der Waals surface area contributed by atoms with Crippen molar-refractivity contribution in [3.05, 3.63) is 15.0 Å². The molecule has 4 nitrogen and oxygen atoms in total. The van der Waals surface area contributed by atoms with Gasteiger partial charge in [-0.3, -0.25) is 4.79 Å². The molecule has 1 aliphatic carbocycles. The van der Waals surface area contributed by atoms with E-state index in [1.807, 2.05) is 13.8 Å². The first-order valence-electron chi connectivity index (χ1n) is 7.37. The third kappa shape index (κ3) is 3.66. The average Bonchev–Trinajstić information content (AvgIpc) is 2.86. The summed E-state index contributed by atoms with van der Waals surface area (Å²) in [5.74, 6) is 0.203. The monoisotopic (exact) mass is 375 g/mol. The highest BCUT2D eigenvalue weighted by Gasteiger charge is 2.43. The first-order chi connectivity index (χ1) is 9.86. The van der Waals surface area contributed by atoms with Crippen LogP contribution in [-0.2, 0) is 15.1 Å². The van der Waals surface area contributed by atoms with Crippen LogP contribution in [0.15, 0.2) is 9.98 Å². The van der Waals surface area contributed by atoms with E-state index < -0.39 is 5.60 Å². The van der Waals surface area contributed by atoms with E-state index in [9.17, 15) is 9.90 Å². The van der Waals surface area contributed by atoms with Crippen LogP contribution in [0.2, 0.25) is 0 Å². The van der Waals surface area contributed by atoms with Gasteiger partial charge in [-0.2, -0.15) is 0 Å². The predicted octanol–water partition coefficient (Wildman–Crippen LogP) is 3.73. The maximum absolute atomic E-state index is 11.9. The van der Waals surface area contributed by atoms with Crippen molar-refractivity contribution in [2.75, 3.05) is 6.61 Å². The number of rotatable bonds is 4. The molecule has 2 rings (SSSR count). The minimum absolute atomic E-state index is 0.0416. The molecule has 21 heavy (non-hydrogen) atoms. The van der Waals surface area contributed by atoms with Crippen LogP contribution in [-0.4, -0.2) is 22.7 Å². The Balaban J connectivity index is 2.06. The van der Waals surface area contributed by atoms with Crippen molar-refractivity contribution in [2.45, 2.75) is 45.6 Å². The smallest absolute Gasteiger partial charge is 0.309 e. The molecule has 0 unspecified atom stereocenters. The zero-order valence-electron chi connectivity index (χ0n) is 12.6. The summed E-state index contributed by atoms with van der Waals surface area (Å²) in [6.45, 7) is 6.16. The number of halogens is 1. The summed E-state index contributed by atoms with van der Waals surface area (Å²) in [7, 11) is 0. The maximum Gasteiger partial charge on any atom is 0.309 e. The average molecular weight is 376 g/mol. The molecule has 118 valence electrons. The predicted molar refractivity (Wildman–Crippen MR) is 86.0 cm³/mol. The molecule has 1 N–H and O–H groups in total. The van der Waals surface area contributed by atoms with Gasteiger partial charge in [0.15, 0.2) is 0 Å². The number of hydrogen-bond donors (Lipinski definition) is 1. The van der Waals surface area contributed by atoms with E-state index in [0.717, 1.165) is 28.1 Å². The van der Waals surface area contributed by atoms with Gasteiger partial charge in [0.2, 0.25) is 0 Å². The van der Waals surface area contributed by atoms with Crippen molar-refractivity contribution < 1.29 is 14.6 Å². The van der Waals surface area contributed by atoms with Crippen LogP contribution < -0.4 is 0 Å². The second kappa shape index (κ2) is 6.75. The van der Waals surface area contributed by atoms with Crippen molar-refractivity contribution in [1.82, 2.24) is 4.98 Å². The molecule has 1 aliphatic rings. The van der Waals surface area contributed by atoms with Crippen molar-refractivity contribution >= 4 is 33.2 Å². The number of carbonyl (C=O) groups excluding carboxylic acids is 1. The van der Waals surface area contributed by atoms with Gasteiger partial charge in [0.25, 0.3) is 0 Å². The SMILES string of the molecule is CCOC(=O)[C@@H]1CC[C@@H]([C@](C)(O)c2ncc(Br)s2)C[C@@H]1C. The molecular formula is C15H22BrNO3S. The summed E-state index contributed by atoms with van der Waals surface area (Å²) in [6, 6.07) is 0. The van der Waals surface area contributed by atoms with Gasteiger partial charge in [0.1, 0.15) is 10.6 Å². The van der Waals surface area contributed by atoms with Gasteiger partial charge in [0.05, 0.1) is 22.5 Å². The standard InChI is InChI=1S/C15H22BrNO3S/c1-4-20-13(18)11-6-5-10(7-9(11)2)15(3,19)14-17-8-12(16)21-14/h8-11,19H,4-7H2,1-3H3/t9-,10+,11+,15-/m0/s1. The lowest BCUT2D eigenvalue weighted by atomic mass is 9.69. The first kappa shape index (κ1) is 16.9. The van der Waals surface area contributed by atoms with Crippen molar-refractivity contribution in [3.63, 3.8) is 0 Å². The fraction of sp³-hybridized carbons (Fsp3) is 0.733. The summed E-state index contributed by atoms with van der Waals surface area (Å²) in [5.41, 5.74) is -0.940. The molecule has 0 saturated heterocycles. The Labute approximate surface area is 138 Å². The second-order valence-corrected chi connectivity index (χ2v) is 8.37. The van der Waals surface area contributed by atoms with E-state index in [2.05, 4.69) is 27.8 Å². The molecule has 4 atom stereocenters. The quantitative estimate of drug-likeness (QED) is 0.814.